The van der Waals surface area contributed by atoms with E-state index in [1.165, 1.54) is 10.8 Å². The van der Waals surface area contributed by atoms with Gasteiger partial charge in [-0.05, 0) is 145 Å². The van der Waals surface area contributed by atoms with E-state index in [1.807, 2.05) is 0 Å². The summed E-state index contributed by atoms with van der Waals surface area (Å²) in [6.45, 7) is 0. The van der Waals surface area contributed by atoms with Crippen molar-refractivity contribution in [3.05, 3.63) is 267 Å². The van der Waals surface area contributed by atoms with Crippen molar-refractivity contribution in [1.29, 1.82) is 0 Å². The quantitative estimate of drug-likeness (QED) is 0.122. The van der Waals surface area contributed by atoms with Gasteiger partial charge in [-0.2, -0.15) is 0 Å². The molecule has 0 heterocycles. The van der Waals surface area contributed by atoms with E-state index in [9.17, 15) is 0 Å². The van der Waals surface area contributed by atoms with Crippen LogP contribution in [0.4, 0.5) is 68.2 Å². The van der Waals surface area contributed by atoms with Crippen molar-refractivity contribution in [3.63, 3.8) is 0 Å². The highest BCUT2D eigenvalue weighted by molar-refractivity contribution is 5.99. The molecule has 0 aromatic heterocycles. The van der Waals surface area contributed by atoms with Gasteiger partial charge in [0.2, 0.25) is 0 Å². The van der Waals surface area contributed by atoms with Crippen molar-refractivity contribution in [1.82, 2.24) is 0 Å². The molecule has 4 nitrogen and oxygen atoms in total. The highest BCUT2D eigenvalue weighted by Crippen LogP contribution is 2.44. The second-order valence-corrected chi connectivity index (χ2v) is 15.1. The SMILES string of the molecule is c1ccc(N(c2ccccc2)c2ccc(N(c3ccccc3)c3ccc(N(c4ccc(N(c5ccccc5)c5ccccc5)cc4)c4cccc5ccccc45)cc3)cc2)cc1. The van der Waals surface area contributed by atoms with Crippen LogP contribution in [0.5, 0.6) is 0 Å². The summed E-state index contributed by atoms with van der Waals surface area (Å²) in [5.74, 6) is 0. The second-order valence-electron chi connectivity index (χ2n) is 15.1. The van der Waals surface area contributed by atoms with E-state index in [-0.39, 0.29) is 0 Å². The van der Waals surface area contributed by atoms with Gasteiger partial charge in [-0.3, -0.25) is 0 Å². The highest BCUT2D eigenvalue weighted by Gasteiger charge is 2.20. The predicted molar refractivity (Wildman–Crippen MR) is 263 cm³/mol. The molecule has 0 aliphatic heterocycles. The molecule has 10 aromatic rings. The molecule has 0 spiro atoms. The molecule has 0 unspecified atom stereocenters. The zero-order valence-electron chi connectivity index (χ0n) is 34.2. The summed E-state index contributed by atoms with van der Waals surface area (Å²) in [5, 5.41) is 2.38. The molecule has 0 radical (unpaired) electrons. The standard InChI is InChI=1S/C58H44N4/c1-6-21-46(22-7-1)59(47-23-8-2-9-24-47)51-33-35-53(36-34-51)61(50-29-14-5-15-30-50)54-39-43-56(44-40-54)62(58-32-18-20-45-19-16-17-31-57(45)58)55-41-37-52(38-42-55)60(48-25-10-3-11-26-48)49-27-12-4-13-28-49/h1-44H. The molecule has 0 amide bonds. The minimum atomic E-state index is 1.06. The first-order valence-electron chi connectivity index (χ1n) is 21.0. The Morgan fingerprint density at radius 3 is 0.694 bits per heavy atom. The zero-order chi connectivity index (χ0) is 41.5. The van der Waals surface area contributed by atoms with Crippen molar-refractivity contribution >= 4 is 79.0 Å². The van der Waals surface area contributed by atoms with E-state index in [0.717, 1.165) is 68.2 Å². The lowest BCUT2D eigenvalue weighted by Gasteiger charge is -2.30. The fourth-order valence-electron chi connectivity index (χ4n) is 8.31. The molecule has 0 aliphatic carbocycles. The molecule has 10 rings (SSSR count). The van der Waals surface area contributed by atoms with Crippen LogP contribution in [0, 0.1) is 0 Å². The van der Waals surface area contributed by atoms with Gasteiger partial charge in [0.05, 0.1) is 5.69 Å². The van der Waals surface area contributed by atoms with Crippen molar-refractivity contribution in [2.24, 2.45) is 0 Å². The molecule has 0 N–H and O–H groups in total. The number of rotatable bonds is 12. The molecule has 62 heavy (non-hydrogen) atoms. The Labute approximate surface area is 364 Å². The molecule has 0 saturated carbocycles. The number of para-hydroxylation sites is 5. The van der Waals surface area contributed by atoms with Gasteiger partial charge in [-0.25, -0.2) is 0 Å². The van der Waals surface area contributed by atoms with Crippen LogP contribution in [-0.4, -0.2) is 0 Å². The van der Waals surface area contributed by atoms with Crippen LogP contribution in [0.25, 0.3) is 10.8 Å². The first kappa shape index (κ1) is 37.9. The van der Waals surface area contributed by atoms with Gasteiger partial charge >= 0.3 is 0 Å². The van der Waals surface area contributed by atoms with E-state index in [1.54, 1.807) is 0 Å². The maximum Gasteiger partial charge on any atom is 0.0540 e. The average Bonchev–Trinajstić information content (AvgIpc) is 3.35. The molecular formula is C58H44N4. The third-order valence-electron chi connectivity index (χ3n) is 11.2. The number of fused-ring (bicyclic) bond motifs is 1. The highest BCUT2D eigenvalue weighted by atomic mass is 15.2. The van der Waals surface area contributed by atoms with Gasteiger partial charge in [-0.15, -0.1) is 0 Å². The van der Waals surface area contributed by atoms with E-state index in [4.69, 9.17) is 0 Å². The number of anilines is 12. The first-order valence-corrected chi connectivity index (χ1v) is 21.0. The fraction of sp³-hybridized carbons (Fsp3) is 0. The van der Waals surface area contributed by atoms with Crippen molar-refractivity contribution in [2.75, 3.05) is 19.6 Å². The molecule has 0 saturated heterocycles. The van der Waals surface area contributed by atoms with Crippen LogP contribution in [0.2, 0.25) is 0 Å². The van der Waals surface area contributed by atoms with Crippen LogP contribution in [0.15, 0.2) is 267 Å². The van der Waals surface area contributed by atoms with Gasteiger partial charge in [0.1, 0.15) is 0 Å². The Balaban J connectivity index is 1.04. The Morgan fingerprint density at radius 1 is 0.161 bits per heavy atom. The lowest BCUT2D eigenvalue weighted by molar-refractivity contribution is 1.24. The summed E-state index contributed by atoms with van der Waals surface area (Å²) in [6, 6.07) is 94.6. The average molecular weight is 797 g/mol. The summed E-state index contributed by atoms with van der Waals surface area (Å²) in [6.07, 6.45) is 0. The lowest BCUT2D eigenvalue weighted by Crippen LogP contribution is -2.13. The monoisotopic (exact) mass is 796 g/mol. The van der Waals surface area contributed by atoms with Crippen molar-refractivity contribution in [3.8, 4) is 0 Å². The Hall–Kier alpha value is -8.34. The molecule has 296 valence electrons. The molecule has 0 fully saturated rings. The van der Waals surface area contributed by atoms with Gasteiger partial charge in [-0.1, -0.05) is 127 Å². The van der Waals surface area contributed by atoms with Crippen LogP contribution >= 0.6 is 0 Å². The van der Waals surface area contributed by atoms with E-state index in [2.05, 4.69) is 287 Å². The second kappa shape index (κ2) is 17.5. The summed E-state index contributed by atoms with van der Waals surface area (Å²) in [4.78, 5) is 9.28. The summed E-state index contributed by atoms with van der Waals surface area (Å²) in [7, 11) is 0. The van der Waals surface area contributed by atoms with E-state index < -0.39 is 0 Å². The van der Waals surface area contributed by atoms with E-state index >= 15 is 0 Å². The van der Waals surface area contributed by atoms with Crippen LogP contribution in [-0.2, 0) is 0 Å². The first-order chi connectivity index (χ1) is 30.8. The Bertz CT molecular complexity index is 2890. The van der Waals surface area contributed by atoms with Crippen molar-refractivity contribution in [2.45, 2.75) is 0 Å². The third-order valence-corrected chi connectivity index (χ3v) is 11.2. The largest absolute Gasteiger partial charge is 0.311 e. The number of hydrogen-bond donors (Lipinski definition) is 0. The van der Waals surface area contributed by atoms with Gasteiger partial charge in [0.25, 0.3) is 0 Å². The number of nitrogens with zero attached hydrogens (tertiary/aromatic N) is 4. The fourth-order valence-corrected chi connectivity index (χ4v) is 8.31. The topological polar surface area (TPSA) is 13.0 Å². The van der Waals surface area contributed by atoms with Gasteiger partial charge in [0.15, 0.2) is 0 Å². The molecule has 0 bridgehead atoms. The smallest absolute Gasteiger partial charge is 0.0540 e. The van der Waals surface area contributed by atoms with Crippen molar-refractivity contribution < 1.29 is 0 Å². The summed E-state index contributed by atoms with van der Waals surface area (Å²) < 4.78 is 0. The summed E-state index contributed by atoms with van der Waals surface area (Å²) in [5.41, 5.74) is 13.0. The zero-order valence-corrected chi connectivity index (χ0v) is 34.2. The third kappa shape index (κ3) is 7.77. The molecule has 4 heteroatoms. The molecule has 0 atom stereocenters. The van der Waals surface area contributed by atoms with E-state index in [0.29, 0.717) is 0 Å². The normalized spacial score (nSPS) is 10.9. The Kier molecular flexibility index (Phi) is 10.7. The van der Waals surface area contributed by atoms with Crippen LogP contribution in [0.3, 0.4) is 0 Å². The lowest BCUT2D eigenvalue weighted by atomic mass is 10.1. The maximum absolute atomic E-state index is 2.37. The summed E-state index contributed by atoms with van der Waals surface area (Å²) >= 11 is 0. The minimum Gasteiger partial charge on any atom is -0.311 e. The number of benzene rings is 10. The van der Waals surface area contributed by atoms with Gasteiger partial charge in [0, 0.05) is 67.9 Å². The van der Waals surface area contributed by atoms with Crippen LogP contribution in [0.1, 0.15) is 0 Å². The minimum absolute atomic E-state index is 1.06. The van der Waals surface area contributed by atoms with Crippen LogP contribution < -0.4 is 19.6 Å². The predicted octanol–water partition coefficient (Wildman–Crippen LogP) is 16.7. The molecule has 10 aromatic carbocycles. The van der Waals surface area contributed by atoms with Gasteiger partial charge < -0.3 is 19.6 Å². The number of hydrogen-bond acceptors (Lipinski definition) is 4. The molecular weight excluding hydrogens is 753 g/mol. The molecule has 0 aliphatic rings. The maximum atomic E-state index is 2.37. The Morgan fingerprint density at radius 2 is 0.387 bits per heavy atom.